The van der Waals surface area contributed by atoms with Gasteiger partial charge in [-0.3, -0.25) is 25.0 Å². The highest BCUT2D eigenvalue weighted by Gasteiger charge is 2.19. The molecule has 2 rings (SSSR count). The number of benzene rings is 2. The van der Waals surface area contributed by atoms with E-state index in [1.807, 2.05) is 0 Å². The van der Waals surface area contributed by atoms with Gasteiger partial charge < -0.3 is 9.47 Å². The quantitative estimate of drug-likeness (QED) is 0.566. The molecule has 11 nitrogen and oxygen atoms in total. The lowest BCUT2D eigenvalue weighted by Gasteiger charge is -2.12. The van der Waals surface area contributed by atoms with Crippen LogP contribution >= 0.6 is 0 Å². The van der Waals surface area contributed by atoms with Crippen LogP contribution in [-0.4, -0.2) is 31.6 Å². The Morgan fingerprint density at radius 3 is 2.23 bits per heavy atom. The van der Waals surface area contributed by atoms with E-state index in [0.29, 0.717) is 0 Å². The number of sulfonamides is 1. The molecule has 0 aliphatic carbocycles. The minimum Gasteiger partial charge on any atom is -0.490 e. The van der Waals surface area contributed by atoms with Gasteiger partial charge in [-0.25, -0.2) is 8.42 Å². The number of nitrogens with zero attached hydrogens (tertiary/aromatic N) is 2. The summed E-state index contributed by atoms with van der Waals surface area (Å²) in [5.41, 5.74) is -0.785. The summed E-state index contributed by atoms with van der Waals surface area (Å²) in [4.78, 5) is 20.6. The van der Waals surface area contributed by atoms with Gasteiger partial charge in [0.2, 0.25) is 10.0 Å². The van der Waals surface area contributed by atoms with Crippen LogP contribution in [0.25, 0.3) is 0 Å². The van der Waals surface area contributed by atoms with Gasteiger partial charge in [-0.1, -0.05) is 0 Å². The first-order chi connectivity index (χ1) is 12.1. The third-order valence-corrected chi connectivity index (χ3v) is 3.64. The summed E-state index contributed by atoms with van der Waals surface area (Å²) in [7, 11) is -2.42. The number of nitrogens with one attached hydrogen (secondary N) is 1. The lowest BCUT2D eigenvalue weighted by molar-refractivity contribution is -0.385. The van der Waals surface area contributed by atoms with Crippen LogP contribution in [0.15, 0.2) is 36.4 Å². The van der Waals surface area contributed by atoms with E-state index in [2.05, 4.69) is 4.72 Å². The number of rotatable bonds is 7. The van der Waals surface area contributed by atoms with Crippen molar-refractivity contribution in [2.24, 2.45) is 0 Å². The second kappa shape index (κ2) is 7.23. The van der Waals surface area contributed by atoms with Gasteiger partial charge in [0.05, 0.1) is 41.0 Å². The van der Waals surface area contributed by atoms with Gasteiger partial charge in [0.25, 0.3) is 5.69 Å². The molecule has 0 aliphatic rings. The number of hydrogen-bond donors (Lipinski definition) is 1. The standard InChI is InChI=1S/C14H13N3O8S/c1-24-13-6-4-10(8-12(13)17(20)21)25-14-7-9(16(18)19)3-5-11(14)15-26(2,22)23/h3-8,15H,1-2H3. The number of ether oxygens (including phenoxy) is 2. The van der Waals surface area contributed by atoms with Crippen LogP contribution in [0.1, 0.15) is 0 Å². The molecule has 0 atom stereocenters. The molecule has 26 heavy (non-hydrogen) atoms. The maximum absolute atomic E-state index is 11.4. The smallest absolute Gasteiger partial charge is 0.314 e. The summed E-state index contributed by atoms with van der Waals surface area (Å²) in [5, 5.41) is 22.0. The summed E-state index contributed by atoms with van der Waals surface area (Å²) in [5.74, 6) is -0.227. The van der Waals surface area contributed by atoms with E-state index in [1.54, 1.807) is 0 Å². The van der Waals surface area contributed by atoms with E-state index in [4.69, 9.17) is 9.47 Å². The largest absolute Gasteiger partial charge is 0.490 e. The van der Waals surface area contributed by atoms with Gasteiger partial charge in [0.15, 0.2) is 11.5 Å². The van der Waals surface area contributed by atoms with Crippen LogP contribution in [0.2, 0.25) is 0 Å². The zero-order chi connectivity index (χ0) is 19.5. The third kappa shape index (κ3) is 4.57. The molecule has 138 valence electrons. The van der Waals surface area contributed by atoms with Crippen molar-refractivity contribution in [1.82, 2.24) is 0 Å². The van der Waals surface area contributed by atoms with Gasteiger partial charge in [-0.15, -0.1) is 0 Å². The van der Waals surface area contributed by atoms with Crippen LogP contribution in [0, 0.1) is 20.2 Å². The Kier molecular flexibility index (Phi) is 5.26. The van der Waals surface area contributed by atoms with Gasteiger partial charge in [0.1, 0.15) is 5.75 Å². The molecule has 0 fully saturated rings. The van der Waals surface area contributed by atoms with Gasteiger partial charge in [0, 0.05) is 6.07 Å². The topological polar surface area (TPSA) is 151 Å². The normalized spacial score (nSPS) is 10.8. The summed E-state index contributed by atoms with van der Waals surface area (Å²) in [6.07, 6.45) is 0.899. The molecule has 1 N–H and O–H groups in total. The molecule has 12 heteroatoms. The lowest BCUT2D eigenvalue weighted by atomic mass is 10.2. The molecule has 0 aromatic heterocycles. The van der Waals surface area contributed by atoms with Crippen molar-refractivity contribution < 1.29 is 27.7 Å². The van der Waals surface area contributed by atoms with Gasteiger partial charge >= 0.3 is 5.69 Å². The van der Waals surface area contributed by atoms with Crippen molar-refractivity contribution in [3.8, 4) is 17.2 Å². The van der Waals surface area contributed by atoms with Crippen molar-refractivity contribution >= 4 is 27.1 Å². The molecule has 0 heterocycles. The minimum absolute atomic E-state index is 0.00382. The predicted molar refractivity (Wildman–Crippen MR) is 91.3 cm³/mol. The maximum Gasteiger partial charge on any atom is 0.314 e. The minimum atomic E-state index is -3.69. The number of non-ortho nitro benzene ring substituents is 1. The first-order valence-corrected chi connectivity index (χ1v) is 8.76. The highest BCUT2D eigenvalue weighted by atomic mass is 32.2. The molecule has 0 saturated carbocycles. The van der Waals surface area contributed by atoms with Crippen LogP contribution in [-0.2, 0) is 10.0 Å². The number of methoxy groups -OCH3 is 1. The average molecular weight is 383 g/mol. The summed E-state index contributed by atoms with van der Waals surface area (Å²) < 4.78 is 35.4. The molecule has 0 saturated heterocycles. The van der Waals surface area contributed by atoms with E-state index >= 15 is 0 Å². The average Bonchev–Trinajstić information content (AvgIpc) is 2.54. The second-order valence-electron chi connectivity index (χ2n) is 5.00. The fraction of sp³-hybridized carbons (Fsp3) is 0.143. The van der Waals surface area contributed by atoms with E-state index in [1.165, 1.54) is 19.2 Å². The van der Waals surface area contributed by atoms with Crippen LogP contribution < -0.4 is 14.2 Å². The highest BCUT2D eigenvalue weighted by molar-refractivity contribution is 7.92. The number of nitro benzene ring substituents is 2. The highest BCUT2D eigenvalue weighted by Crippen LogP contribution is 2.37. The second-order valence-corrected chi connectivity index (χ2v) is 6.75. The molecule has 2 aromatic carbocycles. The molecule has 0 unspecified atom stereocenters. The Morgan fingerprint density at radius 2 is 1.69 bits per heavy atom. The molecular formula is C14H13N3O8S. The summed E-state index contributed by atoms with van der Waals surface area (Å²) >= 11 is 0. The van der Waals surface area contributed by atoms with E-state index < -0.39 is 19.9 Å². The zero-order valence-electron chi connectivity index (χ0n) is 13.5. The fourth-order valence-corrected chi connectivity index (χ4v) is 2.56. The van der Waals surface area contributed by atoms with E-state index in [0.717, 1.165) is 30.5 Å². The zero-order valence-corrected chi connectivity index (χ0v) is 14.3. The Labute approximate surface area is 147 Å². The Hall–Kier alpha value is -3.41. The SMILES string of the molecule is COc1ccc(Oc2cc([N+](=O)[O-])ccc2NS(C)(=O)=O)cc1[N+](=O)[O-]. The first kappa shape index (κ1) is 18.9. The fourth-order valence-electron chi connectivity index (χ4n) is 2.00. The van der Waals surface area contributed by atoms with Gasteiger partial charge in [-0.05, 0) is 18.2 Å². The molecule has 0 amide bonds. The Bertz CT molecular complexity index is 974. The van der Waals surface area contributed by atoms with Crippen molar-refractivity contribution in [3.05, 3.63) is 56.6 Å². The van der Waals surface area contributed by atoms with Crippen LogP contribution in [0.3, 0.4) is 0 Å². The van der Waals surface area contributed by atoms with E-state index in [-0.39, 0.29) is 34.3 Å². The van der Waals surface area contributed by atoms with Crippen LogP contribution in [0.4, 0.5) is 17.1 Å². The van der Waals surface area contributed by atoms with E-state index in [9.17, 15) is 28.6 Å². The number of hydrogen-bond acceptors (Lipinski definition) is 8. The summed E-state index contributed by atoms with van der Waals surface area (Å²) in [6, 6.07) is 6.94. The van der Waals surface area contributed by atoms with Gasteiger partial charge in [-0.2, -0.15) is 0 Å². The Morgan fingerprint density at radius 1 is 1.00 bits per heavy atom. The summed E-state index contributed by atoms with van der Waals surface area (Å²) in [6.45, 7) is 0. The maximum atomic E-state index is 11.4. The monoisotopic (exact) mass is 383 g/mol. The van der Waals surface area contributed by atoms with Crippen molar-refractivity contribution in [2.75, 3.05) is 18.1 Å². The van der Waals surface area contributed by atoms with Crippen molar-refractivity contribution in [2.45, 2.75) is 0 Å². The first-order valence-electron chi connectivity index (χ1n) is 6.87. The van der Waals surface area contributed by atoms with Crippen molar-refractivity contribution in [1.29, 1.82) is 0 Å². The van der Waals surface area contributed by atoms with Crippen LogP contribution in [0.5, 0.6) is 17.2 Å². The molecule has 0 spiro atoms. The predicted octanol–water partition coefficient (Wildman–Crippen LogP) is 2.68. The van der Waals surface area contributed by atoms with Crippen molar-refractivity contribution in [3.63, 3.8) is 0 Å². The lowest BCUT2D eigenvalue weighted by Crippen LogP contribution is -2.10. The molecule has 0 bridgehead atoms. The number of anilines is 1. The molecular weight excluding hydrogens is 370 g/mol. The number of nitro groups is 2. The Balaban J connectivity index is 2.50. The molecule has 0 radical (unpaired) electrons. The third-order valence-electron chi connectivity index (χ3n) is 3.05. The molecule has 2 aromatic rings. The molecule has 0 aliphatic heterocycles.